The van der Waals surface area contributed by atoms with Gasteiger partial charge in [-0.15, -0.1) is 16.1 Å². The molecule has 3 aromatic carbocycles. The summed E-state index contributed by atoms with van der Waals surface area (Å²) in [5.41, 5.74) is 6.16. The number of rotatable bonds is 9. The first-order chi connectivity index (χ1) is 24.7. The number of nitrogens with two attached hydrogens (primary N) is 1. The molecule has 0 bridgehead atoms. The van der Waals surface area contributed by atoms with Gasteiger partial charge >= 0.3 is 6.18 Å². The monoisotopic (exact) mass is 867 g/mol. The molecule has 2 N–H and O–H groups in total. The predicted molar refractivity (Wildman–Crippen MR) is 204 cm³/mol. The molecule has 5 rings (SSSR count). The predicted octanol–water partition coefficient (Wildman–Crippen LogP) is 6.31. The van der Waals surface area contributed by atoms with Crippen molar-refractivity contribution in [2.75, 3.05) is 22.5 Å². The van der Waals surface area contributed by atoms with Gasteiger partial charge in [0.15, 0.2) is 15.7 Å². The molecular formula is C34H32Cl2F5N5O6S3. The summed E-state index contributed by atoms with van der Waals surface area (Å²) in [7, 11) is -13.2. The van der Waals surface area contributed by atoms with Crippen LogP contribution in [0.1, 0.15) is 36.8 Å². The molecule has 0 radical (unpaired) electrons. The summed E-state index contributed by atoms with van der Waals surface area (Å²) in [6, 6.07) is 10.2. The van der Waals surface area contributed by atoms with Gasteiger partial charge in [-0.3, -0.25) is 4.68 Å². The number of pyridine rings is 1. The summed E-state index contributed by atoms with van der Waals surface area (Å²) in [5, 5.41) is 3.54. The molecule has 0 aliphatic carbocycles. The largest absolute Gasteiger partial charge is 0.408 e. The zero-order chi connectivity index (χ0) is 40.3. The molecule has 1 atom stereocenters. The van der Waals surface area contributed by atoms with Crippen LogP contribution in [0.25, 0.3) is 32.8 Å². The minimum absolute atomic E-state index is 0. The molecule has 0 fully saturated rings. The Hall–Kier alpha value is -4.06. The standard InChI is InChI=1S/C34H31ClF5N5O6S3.ClH/c1-33(2,52(3,46)47)13-12-27-22-8-6-7-9-23(22)28(30(42-27)26(41)16-19-14-20(36)17-21(37)15-19)24-10-11-25(35)29-31(24)44(18-34(38,39)40)43-32(29)45(53(4,48)49)54(5,50)51;/h6-11,14-15,17,26H,16,18,41H2,1-5H3;1H/t26-;/m0./s1. The number of benzene rings is 3. The van der Waals surface area contributed by atoms with Crippen LogP contribution >= 0.6 is 24.0 Å². The zero-order valence-corrected chi connectivity index (χ0v) is 33.4. The van der Waals surface area contributed by atoms with Crippen LogP contribution in [-0.2, 0) is 42.8 Å². The van der Waals surface area contributed by atoms with Crippen molar-refractivity contribution in [2.24, 2.45) is 5.73 Å². The van der Waals surface area contributed by atoms with E-state index in [0.29, 0.717) is 23.3 Å². The van der Waals surface area contributed by atoms with Gasteiger partial charge in [0, 0.05) is 28.8 Å². The number of halogens is 7. The number of sulfone groups is 1. The Labute approximate surface area is 325 Å². The molecule has 0 saturated carbocycles. The first-order valence-electron chi connectivity index (χ1n) is 15.5. The van der Waals surface area contributed by atoms with Crippen molar-refractivity contribution in [1.29, 1.82) is 0 Å². The summed E-state index contributed by atoms with van der Waals surface area (Å²) in [6.07, 6.45) is -3.23. The Morgan fingerprint density at radius 2 is 1.47 bits per heavy atom. The second-order valence-corrected chi connectivity index (χ2v) is 19.9. The summed E-state index contributed by atoms with van der Waals surface area (Å²) < 4.78 is 146. The minimum Gasteiger partial charge on any atom is -0.322 e. The lowest BCUT2D eigenvalue weighted by Gasteiger charge is -2.21. The lowest BCUT2D eigenvalue weighted by molar-refractivity contribution is -0.141. The van der Waals surface area contributed by atoms with Gasteiger partial charge in [-0.05, 0) is 55.3 Å². The Kier molecular flexibility index (Phi) is 12.0. The van der Waals surface area contributed by atoms with Crippen molar-refractivity contribution in [2.45, 2.75) is 43.8 Å². The van der Waals surface area contributed by atoms with Crippen LogP contribution < -0.4 is 9.44 Å². The third-order valence-electron chi connectivity index (χ3n) is 8.28. The highest BCUT2D eigenvalue weighted by atomic mass is 35.5. The lowest BCUT2D eigenvalue weighted by Crippen LogP contribution is -2.36. The van der Waals surface area contributed by atoms with Crippen molar-refractivity contribution in [3.8, 4) is 23.0 Å². The van der Waals surface area contributed by atoms with E-state index in [1.165, 1.54) is 26.0 Å². The van der Waals surface area contributed by atoms with Crippen LogP contribution in [0.4, 0.5) is 27.8 Å². The van der Waals surface area contributed by atoms with E-state index in [1.54, 1.807) is 24.3 Å². The molecule has 2 heterocycles. The number of aromatic nitrogens is 3. The Morgan fingerprint density at radius 1 is 0.909 bits per heavy atom. The lowest BCUT2D eigenvalue weighted by atomic mass is 9.90. The molecule has 0 unspecified atom stereocenters. The van der Waals surface area contributed by atoms with Crippen LogP contribution in [0.5, 0.6) is 0 Å². The zero-order valence-electron chi connectivity index (χ0n) is 29.4. The maximum absolute atomic E-state index is 14.3. The van der Waals surface area contributed by atoms with Gasteiger partial charge in [0.2, 0.25) is 20.0 Å². The normalized spacial score (nSPS) is 13.3. The van der Waals surface area contributed by atoms with E-state index in [4.69, 9.17) is 17.3 Å². The maximum atomic E-state index is 14.3. The van der Waals surface area contributed by atoms with Crippen LogP contribution in [0, 0.1) is 23.5 Å². The van der Waals surface area contributed by atoms with Crippen LogP contribution in [0.15, 0.2) is 54.6 Å². The van der Waals surface area contributed by atoms with Crippen molar-refractivity contribution >= 4 is 81.4 Å². The molecule has 0 amide bonds. The Balaban J connectivity index is 0.00000673. The molecule has 5 aromatic rings. The van der Waals surface area contributed by atoms with Crippen LogP contribution in [0.2, 0.25) is 5.02 Å². The summed E-state index contributed by atoms with van der Waals surface area (Å²) >= 11 is 6.52. The van der Waals surface area contributed by atoms with Gasteiger partial charge in [-0.25, -0.2) is 39.0 Å². The van der Waals surface area contributed by atoms with Crippen LogP contribution in [0.3, 0.4) is 0 Å². The molecular weight excluding hydrogens is 836 g/mol. The van der Waals surface area contributed by atoms with E-state index in [2.05, 4.69) is 21.9 Å². The first-order valence-corrected chi connectivity index (χ1v) is 21.5. The number of alkyl halides is 3. The molecule has 0 aliphatic rings. The number of fused-ring (bicyclic) bond motifs is 2. The number of nitrogens with zero attached hydrogens (tertiary/aromatic N) is 4. The highest BCUT2D eigenvalue weighted by Gasteiger charge is 2.37. The van der Waals surface area contributed by atoms with Crippen molar-refractivity contribution in [1.82, 2.24) is 14.8 Å². The summed E-state index contributed by atoms with van der Waals surface area (Å²) in [6.45, 7) is 0.909. The topological polar surface area (TPSA) is 162 Å². The molecule has 0 aliphatic heterocycles. The average molecular weight is 869 g/mol. The molecule has 0 spiro atoms. The van der Waals surface area contributed by atoms with Gasteiger partial charge in [0.1, 0.15) is 28.6 Å². The fourth-order valence-electron chi connectivity index (χ4n) is 5.75. The second kappa shape index (κ2) is 15.1. The first kappa shape index (κ1) is 43.7. The maximum Gasteiger partial charge on any atom is 0.408 e. The van der Waals surface area contributed by atoms with Gasteiger partial charge in [0.25, 0.3) is 0 Å². The molecule has 2 aromatic heterocycles. The average Bonchev–Trinajstić information content (AvgIpc) is 3.34. The molecule has 11 nitrogen and oxygen atoms in total. The van der Waals surface area contributed by atoms with Crippen LogP contribution in [-0.4, -0.2) is 69.7 Å². The molecule has 0 saturated heterocycles. The SMILES string of the molecule is CC(C)(C#Cc1nc([C@@H](N)Cc2cc(F)cc(F)c2)c(-c2ccc(Cl)c3c(N(S(C)(=O)=O)S(C)(=O)=O)nn(CC(F)(F)F)c23)c2ccccc12)S(C)(=O)=O.Cl. The van der Waals surface area contributed by atoms with E-state index in [-0.39, 0.29) is 66.4 Å². The van der Waals surface area contributed by atoms with E-state index >= 15 is 0 Å². The summed E-state index contributed by atoms with van der Waals surface area (Å²) in [5.74, 6) is 2.72. The molecule has 296 valence electrons. The van der Waals surface area contributed by atoms with Gasteiger partial charge in [0.05, 0.1) is 40.2 Å². The van der Waals surface area contributed by atoms with Gasteiger partial charge < -0.3 is 5.73 Å². The number of hydrogen-bond donors (Lipinski definition) is 1. The third-order valence-corrected chi connectivity index (χ3v) is 13.7. The van der Waals surface area contributed by atoms with Crippen molar-refractivity contribution < 1.29 is 47.2 Å². The van der Waals surface area contributed by atoms with Gasteiger partial charge in [-0.1, -0.05) is 47.9 Å². The van der Waals surface area contributed by atoms with E-state index in [1.807, 2.05) is 0 Å². The third kappa shape index (κ3) is 9.16. The number of hydrogen-bond acceptors (Lipinski definition) is 9. The number of anilines is 1. The Morgan fingerprint density at radius 3 is 2.00 bits per heavy atom. The second-order valence-electron chi connectivity index (χ2n) is 13.0. The highest BCUT2D eigenvalue weighted by molar-refractivity contribution is 8.09. The van der Waals surface area contributed by atoms with E-state index in [9.17, 15) is 47.2 Å². The van der Waals surface area contributed by atoms with Crippen molar-refractivity contribution in [3.63, 3.8) is 0 Å². The van der Waals surface area contributed by atoms with E-state index < -0.39 is 81.7 Å². The van der Waals surface area contributed by atoms with Crippen molar-refractivity contribution in [3.05, 3.63) is 88.2 Å². The van der Waals surface area contributed by atoms with E-state index in [0.717, 1.165) is 18.4 Å². The smallest absolute Gasteiger partial charge is 0.322 e. The molecule has 55 heavy (non-hydrogen) atoms. The number of sulfonamides is 2. The fraction of sp³-hybridized carbons (Fsp3) is 0.294. The minimum atomic E-state index is -4.98. The van der Waals surface area contributed by atoms with Gasteiger partial charge in [-0.2, -0.15) is 18.3 Å². The summed E-state index contributed by atoms with van der Waals surface area (Å²) in [4.78, 5) is 4.69. The molecule has 21 heteroatoms. The quantitative estimate of drug-likeness (QED) is 0.132. The highest BCUT2D eigenvalue weighted by Crippen LogP contribution is 2.45. The Bertz CT molecular complexity index is 2700. The fourth-order valence-corrected chi connectivity index (χ4v) is 9.07.